The van der Waals surface area contributed by atoms with E-state index in [4.69, 9.17) is 5.11 Å². The van der Waals surface area contributed by atoms with Gasteiger partial charge in [0.05, 0.1) is 12.2 Å². The highest BCUT2D eigenvalue weighted by atomic mass is 16.4. The van der Waals surface area contributed by atoms with Crippen molar-refractivity contribution in [3.63, 3.8) is 0 Å². The molecule has 2 heterocycles. The molecule has 0 radical (unpaired) electrons. The van der Waals surface area contributed by atoms with Crippen LogP contribution in [-0.4, -0.2) is 32.6 Å². The van der Waals surface area contributed by atoms with E-state index < -0.39 is 5.97 Å². The molecule has 104 valence electrons. The van der Waals surface area contributed by atoms with Crippen molar-refractivity contribution >= 4 is 17.7 Å². The van der Waals surface area contributed by atoms with Crippen LogP contribution in [0.15, 0.2) is 30.5 Å². The number of carboxylic acids is 1. The first kappa shape index (κ1) is 13.9. The standard InChI is InChI=1S/C13H15N5O2/c1-9-6-10(7-14-8-12(19)20)17-13(16-9)18-11-4-2-3-5-15-11/h2-6,14H,7-8H2,1H3,(H,19,20)(H,15,16,17,18). The van der Waals surface area contributed by atoms with Crippen molar-refractivity contribution in [2.45, 2.75) is 13.5 Å². The first-order valence-corrected chi connectivity index (χ1v) is 6.08. The normalized spacial score (nSPS) is 10.2. The molecule has 0 fully saturated rings. The maximum atomic E-state index is 10.4. The molecule has 0 aliphatic rings. The molecule has 0 amide bonds. The van der Waals surface area contributed by atoms with Crippen LogP contribution in [-0.2, 0) is 11.3 Å². The molecule has 0 unspecified atom stereocenters. The average molecular weight is 273 g/mol. The van der Waals surface area contributed by atoms with Crippen LogP contribution in [0.3, 0.4) is 0 Å². The third-order valence-corrected chi connectivity index (χ3v) is 2.39. The molecule has 7 heteroatoms. The number of hydrogen-bond acceptors (Lipinski definition) is 6. The van der Waals surface area contributed by atoms with Crippen molar-refractivity contribution in [2.24, 2.45) is 0 Å². The van der Waals surface area contributed by atoms with Gasteiger partial charge in [-0.1, -0.05) is 6.07 Å². The number of carbonyl (C=O) groups is 1. The van der Waals surface area contributed by atoms with Gasteiger partial charge in [-0.3, -0.25) is 4.79 Å². The monoisotopic (exact) mass is 273 g/mol. The molecule has 0 aliphatic heterocycles. The van der Waals surface area contributed by atoms with E-state index in [1.54, 1.807) is 12.3 Å². The van der Waals surface area contributed by atoms with Gasteiger partial charge in [0.1, 0.15) is 5.82 Å². The minimum absolute atomic E-state index is 0.105. The second-order valence-corrected chi connectivity index (χ2v) is 4.16. The Morgan fingerprint density at radius 2 is 2.20 bits per heavy atom. The van der Waals surface area contributed by atoms with E-state index in [0.29, 0.717) is 18.3 Å². The summed E-state index contributed by atoms with van der Waals surface area (Å²) in [6.07, 6.45) is 1.67. The van der Waals surface area contributed by atoms with Crippen LogP contribution in [0.2, 0.25) is 0 Å². The Labute approximate surface area is 116 Å². The number of aryl methyl sites for hydroxylation is 1. The van der Waals surface area contributed by atoms with E-state index in [2.05, 4.69) is 25.6 Å². The molecule has 0 bridgehead atoms. The van der Waals surface area contributed by atoms with E-state index in [1.165, 1.54) is 0 Å². The molecule has 2 aromatic rings. The van der Waals surface area contributed by atoms with Gasteiger partial charge < -0.3 is 15.7 Å². The van der Waals surface area contributed by atoms with Gasteiger partial charge in [0, 0.05) is 18.4 Å². The number of carboxylic acid groups (broad SMARTS) is 1. The second-order valence-electron chi connectivity index (χ2n) is 4.16. The van der Waals surface area contributed by atoms with Gasteiger partial charge in [-0.25, -0.2) is 15.0 Å². The predicted molar refractivity (Wildman–Crippen MR) is 73.6 cm³/mol. The first-order valence-electron chi connectivity index (χ1n) is 6.08. The fourth-order valence-electron chi connectivity index (χ4n) is 1.63. The molecule has 0 aromatic carbocycles. The molecule has 0 spiro atoms. The Morgan fingerprint density at radius 1 is 1.35 bits per heavy atom. The van der Waals surface area contributed by atoms with Crippen molar-refractivity contribution < 1.29 is 9.90 Å². The van der Waals surface area contributed by atoms with Gasteiger partial charge in [-0.2, -0.15) is 0 Å². The highest BCUT2D eigenvalue weighted by Gasteiger charge is 2.04. The van der Waals surface area contributed by atoms with Crippen molar-refractivity contribution in [3.8, 4) is 0 Å². The summed E-state index contributed by atoms with van der Waals surface area (Å²) in [5, 5.41) is 14.4. The fraction of sp³-hybridized carbons (Fsp3) is 0.231. The van der Waals surface area contributed by atoms with Gasteiger partial charge in [-0.15, -0.1) is 0 Å². The van der Waals surface area contributed by atoms with Crippen LogP contribution in [0.5, 0.6) is 0 Å². The Bertz CT molecular complexity index is 589. The quantitative estimate of drug-likeness (QED) is 0.724. The zero-order valence-electron chi connectivity index (χ0n) is 11.0. The minimum Gasteiger partial charge on any atom is -0.480 e. The summed E-state index contributed by atoms with van der Waals surface area (Å²) in [5.74, 6) is 0.195. The molecule has 2 aromatic heterocycles. The largest absolute Gasteiger partial charge is 0.480 e. The zero-order chi connectivity index (χ0) is 14.4. The van der Waals surface area contributed by atoms with Crippen LogP contribution >= 0.6 is 0 Å². The number of rotatable bonds is 6. The molecule has 0 aliphatic carbocycles. The summed E-state index contributed by atoms with van der Waals surface area (Å²) in [6, 6.07) is 7.30. The van der Waals surface area contributed by atoms with E-state index in [1.807, 2.05) is 25.1 Å². The average Bonchev–Trinajstić information content (AvgIpc) is 2.38. The Hall–Kier alpha value is -2.54. The summed E-state index contributed by atoms with van der Waals surface area (Å²) in [5.41, 5.74) is 1.52. The Morgan fingerprint density at radius 3 is 2.90 bits per heavy atom. The molecule has 0 atom stereocenters. The van der Waals surface area contributed by atoms with Gasteiger partial charge in [-0.05, 0) is 25.1 Å². The van der Waals surface area contributed by atoms with Crippen LogP contribution < -0.4 is 10.6 Å². The minimum atomic E-state index is -0.900. The summed E-state index contributed by atoms with van der Waals surface area (Å²) in [7, 11) is 0. The SMILES string of the molecule is Cc1cc(CNCC(=O)O)nc(Nc2ccccn2)n1. The van der Waals surface area contributed by atoms with Crippen LogP contribution in [0, 0.1) is 6.92 Å². The van der Waals surface area contributed by atoms with Crippen molar-refractivity contribution in [2.75, 3.05) is 11.9 Å². The van der Waals surface area contributed by atoms with Crippen LogP contribution in [0.25, 0.3) is 0 Å². The number of nitrogens with zero attached hydrogens (tertiary/aromatic N) is 3. The molecule has 0 saturated heterocycles. The molecule has 3 N–H and O–H groups in total. The van der Waals surface area contributed by atoms with E-state index in [0.717, 1.165) is 11.4 Å². The fourth-order valence-corrected chi connectivity index (χ4v) is 1.63. The lowest BCUT2D eigenvalue weighted by molar-refractivity contribution is -0.135. The van der Waals surface area contributed by atoms with Gasteiger partial charge in [0.25, 0.3) is 0 Å². The maximum Gasteiger partial charge on any atom is 0.317 e. The summed E-state index contributed by atoms with van der Waals surface area (Å²) in [4.78, 5) is 23.2. The highest BCUT2D eigenvalue weighted by molar-refractivity contribution is 5.68. The van der Waals surface area contributed by atoms with Crippen molar-refractivity contribution in [1.29, 1.82) is 0 Å². The number of pyridine rings is 1. The molecular formula is C13H15N5O2. The smallest absolute Gasteiger partial charge is 0.317 e. The summed E-state index contributed by atoms with van der Waals surface area (Å²) >= 11 is 0. The molecule has 2 rings (SSSR count). The number of hydrogen-bond donors (Lipinski definition) is 3. The first-order chi connectivity index (χ1) is 9.63. The molecular weight excluding hydrogens is 258 g/mol. The Kier molecular flexibility index (Phi) is 4.56. The maximum absolute atomic E-state index is 10.4. The molecule has 20 heavy (non-hydrogen) atoms. The van der Waals surface area contributed by atoms with Crippen LogP contribution in [0.4, 0.5) is 11.8 Å². The number of nitrogens with one attached hydrogen (secondary N) is 2. The third-order valence-electron chi connectivity index (χ3n) is 2.39. The Balaban J connectivity index is 2.06. The van der Waals surface area contributed by atoms with Crippen molar-refractivity contribution in [1.82, 2.24) is 20.3 Å². The third kappa shape index (κ3) is 4.29. The topological polar surface area (TPSA) is 100 Å². The van der Waals surface area contributed by atoms with Gasteiger partial charge in [0.15, 0.2) is 0 Å². The lowest BCUT2D eigenvalue weighted by Gasteiger charge is -2.07. The van der Waals surface area contributed by atoms with E-state index >= 15 is 0 Å². The van der Waals surface area contributed by atoms with E-state index in [9.17, 15) is 4.79 Å². The van der Waals surface area contributed by atoms with Gasteiger partial charge >= 0.3 is 5.97 Å². The van der Waals surface area contributed by atoms with Crippen LogP contribution in [0.1, 0.15) is 11.4 Å². The second kappa shape index (κ2) is 6.58. The lowest BCUT2D eigenvalue weighted by atomic mass is 10.3. The summed E-state index contributed by atoms with van der Waals surface area (Å²) < 4.78 is 0. The van der Waals surface area contributed by atoms with Crippen molar-refractivity contribution in [3.05, 3.63) is 41.9 Å². The zero-order valence-corrected chi connectivity index (χ0v) is 11.0. The lowest BCUT2D eigenvalue weighted by Crippen LogP contribution is -2.22. The number of anilines is 2. The summed E-state index contributed by atoms with van der Waals surface area (Å²) in [6.45, 7) is 2.12. The number of aliphatic carboxylic acids is 1. The predicted octanol–water partition coefficient (Wildman–Crippen LogP) is 1.10. The highest BCUT2D eigenvalue weighted by Crippen LogP contribution is 2.10. The molecule has 0 saturated carbocycles. The molecule has 7 nitrogen and oxygen atoms in total. The van der Waals surface area contributed by atoms with E-state index in [-0.39, 0.29) is 6.54 Å². The number of aromatic nitrogens is 3. The van der Waals surface area contributed by atoms with Gasteiger partial charge in [0.2, 0.25) is 5.95 Å².